The van der Waals surface area contributed by atoms with Crippen molar-refractivity contribution in [2.45, 2.75) is 6.92 Å². The molecule has 2 aromatic rings. The third-order valence-corrected chi connectivity index (χ3v) is 2.37. The van der Waals surface area contributed by atoms with Crippen molar-refractivity contribution in [3.8, 4) is 0 Å². The van der Waals surface area contributed by atoms with Gasteiger partial charge in [-0.3, -0.25) is 0 Å². The van der Waals surface area contributed by atoms with Gasteiger partial charge in [0.2, 0.25) is 0 Å². The fourth-order valence-corrected chi connectivity index (χ4v) is 1.29. The summed E-state index contributed by atoms with van der Waals surface area (Å²) < 4.78 is 29.6. The van der Waals surface area contributed by atoms with Crippen LogP contribution in [-0.4, -0.2) is 22.5 Å². The smallest absolute Gasteiger partial charge is 0.356 e. The van der Waals surface area contributed by atoms with E-state index in [0.717, 1.165) is 12.4 Å². The second-order valence-electron chi connectivity index (χ2n) is 3.38. The Morgan fingerprint density at radius 1 is 1.15 bits per heavy atom. The number of esters is 1. The zero-order valence-corrected chi connectivity index (χ0v) is 12.1. The number of halogens is 3. The molecule has 0 aromatic carbocycles. The fourth-order valence-electron chi connectivity index (χ4n) is 1.06. The number of ether oxygens (including phenoxy) is 1. The van der Waals surface area contributed by atoms with Crippen LogP contribution < -0.4 is 0 Å². The number of aromatic nitrogens is 2. The summed E-state index contributed by atoms with van der Waals surface area (Å²) in [5.41, 5.74) is 0.123. The molecule has 0 aliphatic heterocycles. The topological polar surface area (TPSA) is 52.1 Å². The first-order chi connectivity index (χ1) is 9.52. The van der Waals surface area contributed by atoms with Crippen LogP contribution in [0, 0.1) is 11.6 Å². The van der Waals surface area contributed by atoms with Gasteiger partial charge in [0.25, 0.3) is 0 Å². The average molecular weight is 345 g/mol. The molecule has 106 valence electrons. The normalized spacial score (nSPS) is 9.40. The summed E-state index contributed by atoms with van der Waals surface area (Å²) >= 11 is 3.07. The lowest BCUT2D eigenvalue weighted by Gasteiger charge is -1.98. The van der Waals surface area contributed by atoms with Crippen LogP contribution >= 0.6 is 15.9 Å². The van der Waals surface area contributed by atoms with Crippen molar-refractivity contribution >= 4 is 21.9 Å². The van der Waals surface area contributed by atoms with Gasteiger partial charge in [0.15, 0.2) is 0 Å². The largest absolute Gasteiger partial charge is 0.461 e. The SMILES string of the molecule is CCOC(=O)c1ccc(F)cn1.Fc1ccc(Br)nc1. The molecule has 0 N–H and O–H groups in total. The van der Waals surface area contributed by atoms with Gasteiger partial charge < -0.3 is 4.74 Å². The minimum Gasteiger partial charge on any atom is -0.461 e. The Morgan fingerprint density at radius 3 is 2.15 bits per heavy atom. The summed E-state index contributed by atoms with van der Waals surface area (Å²) in [7, 11) is 0. The van der Waals surface area contributed by atoms with E-state index in [-0.39, 0.29) is 18.1 Å². The van der Waals surface area contributed by atoms with Gasteiger partial charge in [-0.25, -0.2) is 23.5 Å². The highest BCUT2D eigenvalue weighted by Crippen LogP contribution is 2.03. The average Bonchev–Trinajstić information content (AvgIpc) is 2.44. The van der Waals surface area contributed by atoms with Crippen molar-refractivity contribution in [2.24, 2.45) is 0 Å². The molecule has 2 heterocycles. The van der Waals surface area contributed by atoms with Gasteiger partial charge in [-0.15, -0.1) is 0 Å². The highest BCUT2D eigenvalue weighted by atomic mass is 79.9. The summed E-state index contributed by atoms with van der Waals surface area (Å²) in [4.78, 5) is 18.1. The number of carbonyl (C=O) groups is 1. The van der Waals surface area contributed by atoms with Crippen LogP contribution in [0.15, 0.2) is 41.3 Å². The number of pyridine rings is 2. The number of nitrogens with zero attached hydrogens (tertiary/aromatic N) is 2. The van der Waals surface area contributed by atoms with Crippen LogP contribution in [0.25, 0.3) is 0 Å². The standard InChI is InChI=1S/C8H8FNO2.C5H3BrFN/c1-2-12-8(11)7-4-3-6(9)5-10-7;6-5-2-1-4(7)3-8-5/h3-5H,2H2,1H3;1-3H. The molecule has 0 radical (unpaired) electrons. The Labute approximate surface area is 123 Å². The molecule has 20 heavy (non-hydrogen) atoms. The molecule has 2 aromatic heterocycles. The van der Waals surface area contributed by atoms with Crippen molar-refractivity contribution in [1.82, 2.24) is 9.97 Å². The Bertz CT molecular complexity index is 526. The number of carbonyl (C=O) groups excluding carboxylic acids is 1. The van der Waals surface area contributed by atoms with E-state index in [2.05, 4.69) is 30.6 Å². The minimum absolute atomic E-state index is 0.123. The molecule has 0 aliphatic carbocycles. The molecule has 0 spiro atoms. The number of hydrogen-bond acceptors (Lipinski definition) is 4. The first-order valence-electron chi connectivity index (χ1n) is 5.58. The van der Waals surface area contributed by atoms with E-state index >= 15 is 0 Å². The maximum absolute atomic E-state index is 12.3. The van der Waals surface area contributed by atoms with E-state index in [0.29, 0.717) is 4.60 Å². The lowest BCUT2D eigenvalue weighted by atomic mass is 10.3. The van der Waals surface area contributed by atoms with Crippen molar-refractivity contribution < 1.29 is 18.3 Å². The first-order valence-corrected chi connectivity index (χ1v) is 6.38. The zero-order chi connectivity index (χ0) is 15.0. The highest BCUT2D eigenvalue weighted by Gasteiger charge is 2.06. The van der Waals surface area contributed by atoms with Gasteiger partial charge in [0, 0.05) is 0 Å². The molecule has 0 amide bonds. The van der Waals surface area contributed by atoms with E-state index in [1.165, 1.54) is 18.2 Å². The summed E-state index contributed by atoms with van der Waals surface area (Å²) in [6.07, 6.45) is 2.14. The molecular weight excluding hydrogens is 334 g/mol. The fraction of sp³-hybridized carbons (Fsp3) is 0.154. The van der Waals surface area contributed by atoms with Crippen LogP contribution in [0.5, 0.6) is 0 Å². The molecule has 7 heteroatoms. The Balaban J connectivity index is 0.000000217. The van der Waals surface area contributed by atoms with Crippen molar-refractivity contribution in [1.29, 1.82) is 0 Å². The zero-order valence-electron chi connectivity index (χ0n) is 10.5. The summed E-state index contributed by atoms with van der Waals surface area (Å²) in [6.45, 7) is 1.99. The van der Waals surface area contributed by atoms with E-state index in [1.807, 2.05) is 0 Å². The molecule has 2 rings (SSSR count). The van der Waals surface area contributed by atoms with Gasteiger partial charge in [0.1, 0.15) is 21.9 Å². The third-order valence-electron chi connectivity index (χ3n) is 1.90. The van der Waals surface area contributed by atoms with Gasteiger partial charge in [-0.1, -0.05) is 0 Å². The molecule has 4 nitrogen and oxygen atoms in total. The van der Waals surface area contributed by atoms with Crippen LogP contribution in [0.2, 0.25) is 0 Å². The molecule has 0 saturated carbocycles. The molecule has 0 unspecified atom stereocenters. The van der Waals surface area contributed by atoms with Gasteiger partial charge in [-0.05, 0) is 47.1 Å². The monoisotopic (exact) mass is 344 g/mol. The predicted octanol–water partition coefficient (Wildman–Crippen LogP) is 3.38. The van der Waals surface area contributed by atoms with Gasteiger partial charge in [-0.2, -0.15) is 0 Å². The van der Waals surface area contributed by atoms with Gasteiger partial charge >= 0.3 is 5.97 Å². The maximum atomic E-state index is 12.3. The quantitative estimate of drug-likeness (QED) is 0.619. The summed E-state index contributed by atoms with van der Waals surface area (Å²) in [5.74, 6) is -1.31. The number of rotatable bonds is 2. The van der Waals surface area contributed by atoms with E-state index in [1.54, 1.807) is 13.0 Å². The lowest BCUT2D eigenvalue weighted by Crippen LogP contribution is -2.06. The molecule has 0 bridgehead atoms. The van der Waals surface area contributed by atoms with Crippen molar-refractivity contribution in [3.63, 3.8) is 0 Å². The second kappa shape index (κ2) is 8.31. The van der Waals surface area contributed by atoms with E-state index in [4.69, 9.17) is 0 Å². The summed E-state index contributed by atoms with van der Waals surface area (Å²) in [5, 5.41) is 0. The second-order valence-corrected chi connectivity index (χ2v) is 4.19. The molecule has 0 saturated heterocycles. The van der Waals surface area contributed by atoms with Crippen LogP contribution in [0.3, 0.4) is 0 Å². The Morgan fingerprint density at radius 2 is 1.75 bits per heavy atom. The molecule has 0 atom stereocenters. The first kappa shape index (κ1) is 16.2. The van der Waals surface area contributed by atoms with Crippen molar-refractivity contribution in [2.75, 3.05) is 6.61 Å². The molecule has 0 aliphatic rings. The van der Waals surface area contributed by atoms with E-state index < -0.39 is 11.8 Å². The Hall–Kier alpha value is -1.89. The lowest BCUT2D eigenvalue weighted by molar-refractivity contribution is 0.0519. The Kier molecular flexibility index (Phi) is 6.72. The molecule has 0 fully saturated rings. The van der Waals surface area contributed by atoms with E-state index in [9.17, 15) is 13.6 Å². The van der Waals surface area contributed by atoms with Crippen LogP contribution in [-0.2, 0) is 4.74 Å². The third kappa shape index (κ3) is 5.83. The molecular formula is C13H11BrF2N2O2. The van der Waals surface area contributed by atoms with Crippen LogP contribution in [0.4, 0.5) is 8.78 Å². The predicted molar refractivity (Wildman–Crippen MR) is 72.0 cm³/mol. The highest BCUT2D eigenvalue weighted by molar-refractivity contribution is 9.10. The maximum Gasteiger partial charge on any atom is 0.356 e. The summed E-state index contributed by atoms with van der Waals surface area (Å²) in [6, 6.07) is 5.35. The van der Waals surface area contributed by atoms with Gasteiger partial charge in [0.05, 0.1) is 19.0 Å². The minimum atomic E-state index is -0.530. The van der Waals surface area contributed by atoms with Crippen LogP contribution in [0.1, 0.15) is 17.4 Å². The number of hydrogen-bond donors (Lipinski definition) is 0. The van der Waals surface area contributed by atoms with Crippen molar-refractivity contribution in [3.05, 3.63) is 58.6 Å².